The fourth-order valence-corrected chi connectivity index (χ4v) is 3.19. The van der Waals surface area contributed by atoms with Crippen LogP contribution in [-0.2, 0) is 11.2 Å². The van der Waals surface area contributed by atoms with Crippen LogP contribution in [0.4, 0.5) is 0 Å². The van der Waals surface area contributed by atoms with Crippen molar-refractivity contribution >= 4 is 22.8 Å². The minimum atomic E-state index is -0.696. The van der Waals surface area contributed by atoms with Crippen LogP contribution >= 0.6 is 0 Å². The van der Waals surface area contributed by atoms with E-state index in [2.05, 4.69) is 0 Å². The summed E-state index contributed by atoms with van der Waals surface area (Å²) in [5.74, 6) is 1.53. The van der Waals surface area contributed by atoms with E-state index in [0.29, 0.717) is 58.6 Å². The Balaban J connectivity index is 2.13. The van der Waals surface area contributed by atoms with Gasteiger partial charge in [0.2, 0.25) is 0 Å². The van der Waals surface area contributed by atoms with Gasteiger partial charge in [-0.15, -0.1) is 0 Å². The molecule has 0 saturated carbocycles. The number of hydrogen-bond donors (Lipinski definition) is 2. The monoisotopic (exact) mass is 358 g/mol. The van der Waals surface area contributed by atoms with Crippen molar-refractivity contribution in [3.8, 4) is 5.75 Å². The highest BCUT2D eigenvalue weighted by Gasteiger charge is 2.23. The number of rotatable bonds is 7. The second-order valence-corrected chi connectivity index (χ2v) is 6.11. The molecule has 1 aliphatic carbocycles. The van der Waals surface area contributed by atoms with E-state index >= 15 is 0 Å². The predicted molar refractivity (Wildman–Crippen MR) is 97.3 cm³/mol. The molecule has 138 valence electrons. The van der Waals surface area contributed by atoms with E-state index in [1.54, 1.807) is 19.3 Å². The lowest BCUT2D eigenvalue weighted by Crippen LogP contribution is -2.14. The Morgan fingerprint density at radius 1 is 1.31 bits per heavy atom. The number of aliphatic hydroxyl groups excluding tert-OH is 2. The molecule has 0 aliphatic heterocycles. The van der Waals surface area contributed by atoms with Gasteiger partial charge in [0.05, 0.1) is 19.8 Å². The van der Waals surface area contributed by atoms with Crippen molar-refractivity contribution in [1.82, 2.24) is 0 Å². The van der Waals surface area contributed by atoms with Crippen molar-refractivity contribution in [2.45, 2.75) is 25.4 Å². The number of aryl methyl sites for hydroxylation is 1. The fraction of sp³-hybridized carbons (Fsp3) is 0.350. The normalized spacial score (nSPS) is 17.0. The lowest BCUT2D eigenvalue weighted by molar-refractivity contribution is 0.112. The maximum Gasteiger partial charge on any atom is 0.154 e. The summed E-state index contributed by atoms with van der Waals surface area (Å²) >= 11 is 0. The van der Waals surface area contributed by atoms with E-state index in [4.69, 9.17) is 19.0 Å². The van der Waals surface area contributed by atoms with Gasteiger partial charge in [0, 0.05) is 23.6 Å². The first kappa shape index (κ1) is 18.2. The molecule has 2 aromatic rings. The van der Waals surface area contributed by atoms with E-state index in [9.17, 15) is 9.90 Å². The molecule has 6 heteroatoms. The van der Waals surface area contributed by atoms with Crippen molar-refractivity contribution in [1.29, 1.82) is 0 Å². The molecule has 2 N–H and O–H groups in total. The lowest BCUT2D eigenvalue weighted by Gasteiger charge is -2.17. The van der Waals surface area contributed by atoms with Crippen molar-refractivity contribution in [3.05, 3.63) is 46.9 Å². The van der Waals surface area contributed by atoms with Gasteiger partial charge in [-0.1, -0.05) is 6.08 Å². The first-order chi connectivity index (χ1) is 12.6. The number of aldehydes is 1. The van der Waals surface area contributed by atoms with Crippen LogP contribution in [-0.4, -0.2) is 43.4 Å². The molecule has 6 nitrogen and oxygen atoms in total. The number of carbonyl (C=O) groups excluding carboxylic acids is 1. The summed E-state index contributed by atoms with van der Waals surface area (Å²) in [5.41, 5.74) is 2.60. The van der Waals surface area contributed by atoms with Crippen LogP contribution in [0.3, 0.4) is 0 Å². The number of ether oxygens (including phenoxy) is 2. The van der Waals surface area contributed by atoms with Gasteiger partial charge in [-0.3, -0.25) is 4.79 Å². The summed E-state index contributed by atoms with van der Waals surface area (Å²) in [6, 6.07) is 3.64. The van der Waals surface area contributed by atoms with Gasteiger partial charge in [-0.25, -0.2) is 0 Å². The van der Waals surface area contributed by atoms with Crippen LogP contribution in [0.2, 0.25) is 0 Å². The summed E-state index contributed by atoms with van der Waals surface area (Å²) in [6.45, 7) is 0.0815. The maximum absolute atomic E-state index is 11.8. The largest absolute Gasteiger partial charge is 0.498 e. The van der Waals surface area contributed by atoms with Crippen LogP contribution in [0, 0.1) is 0 Å². The molecule has 0 radical (unpaired) electrons. The minimum absolute atomic E-state index is 0.0815. The van der Waals surface area contributed by atoms with Gasteiger partial charge in [0.25, 0.3) is 0 Å². The maximum atomic E-state index is 11.8. The highest BCUT2D eigenvalue weighted by molar-refractivity contribution is 6.02. The van der Waals surface area contributed by atoms with Gasteiger partial charge >= 0.3 is 0 Å². The molecule has 1 aliphatic rings. The molecular formula is C20H22O6. The number of aliphatic hydroxyl groups is 2. The van der Waals surface area contributed by atoms with Crippen LogP contribution in [0.15, 0.2) is 34.5 Å². The van der Waals surface area contributed by atoms with Crippen molar-refractivity contribution in [2.24, 2.45) is 0 Å². The Bertz CT molecular complexity index is 874. The molecule has 0 bridgehead atoms. The molecule has 0 saturated heterocycles. The molecule has 1 aromatic heterocycles. The molecule has 1 aromatic carbocycles. The summed E-state index contributed by atoms with van der Waals surface area (Å²) in [7, 11) is 3.07. The molecular weight excluding hydrogens is 336 g/mol. The number of allylic oxidation sites excluding steroid dienone is 2. The second kappa shape index (κ2) is 7.76. The molecule has 1 atom stereocenters. The minimum Gasteiger partial charge on any atom is -0.498 e. The Labute approximate surface area is 151 Å². The van der Waals surface area contributed by atoms with Gasteiger partial charge in [0.15, 0.2) is 6.29 Å². The van der Waals surface area contributed by atoms with Gasteiger partial charge in [-0.05, 0) is 37.0 Å². The van der Waals surface area contributed by atoms with Crippen molar-refractivity contribution in [2.75, 3.05) is 20.8 Å². The topological polar surface area (TPSA) is 89.1 Å². The zero-order valence-electron chi connectivity index (χ0n) is 14.8. The highest BCUT2D eigenvalue weighted by Crippen LogP contribution is 2.37. The summed E-state index contributed by atoms with van der Waals surface area (Å²) in [6.07, 6.45) is 5.21. The lowest BCUT2D eigenvalue weighted by atomic mass is 9.98. The van der Waals surface area contributed by atoms with Crippen molar-refractivity contribution in [3.63, 3.8) is 0 Å². The van der Waals surface area contributed by atoms with Crippen LogP contribution in [0.25, 0.3) is 16.5 Å². The number of hydrogen-bond acceptors (Lipinski definition) is 6. The first-order valence-corrected chi connectivity index (χ1v) is 8.46. The Kier molecular flexibility index (Phi) is 5.44. The number of methoxy groups -OCH3 is 2. The third kappa shape index (κ3) is 3.25. The van der Waals surface area contributed by atoms with E-state index in [1.165, 1.54) is 7.11 Å². The zero-order valence-corrected chi connectivity index (χ0v) is 14.8. The number of carbonyl (C=O) groups is 1. The second-order valence-electron chi connectivity index (χ2n) is 6.11. The van der Waals surface area contributed by atoms with E-state index in [-0.39, 0.29) is 6.61 Å². The fourth-order valence-electron chi connectivity index (χ4n) is 3.19. The standard InChI is InChI=1S/C20H22O6/c1-24-17-10-18-14(8-12(17)4-3-7-21)15(11-22)20(26-18)13-5-6-16(23)19(9-13)25-2/h5,8-11,16,21,23H,3-4,6-7H2,1-2H3. The zero-order chi connectivity index (χ0) is 18.7. The quantitative estimate of drug-likeness (QED) is 0.740. The van der Waals surface area contributed by atoms with E-state index < -0.39 is 6.10 Å². The number of benzene rings is 1. The smallest absolute Gasteiger partial charge is 0.154 e. The number of furan rings is 1. The molecule has 0 fully saturated rings. The average molecular weight is 358 g/mol. The Morgan fingerprint density at radius 3 is 2.77 bits per heavy atom. The Morgan fingerprint density at radius 2 is 2.12 bits per heavy atom. The predicted octanol–water partition coefficient (Wildman–Crippen LogP) is 2.86. The first-order valence-electron chi connectivity index (χ1n) is 8.46. The van der Waals surface area contributed by atoms with Crippen LogP contribution in [0.1, 0.15) is 34.5 Å². The average Bonchev–Trinajstić information content (AvgIpc) is 3.03. The number of fused-ring (bicyclic) bond motifs is 1. The molecule has 3 rings (SSSR count). The third-order valence-corrected chi connectivity index (χ3v) is 4.54. The molecule has 26 heavy (non-hydrogen) atoms. The summed E-state index contributed by atoms with van der Waals surface area (Å²) in [5, 5.41) is 19.7. The van der Waals surface area contributed by atoms with Gasteiger partial charge < -0.3 is 24.1 Å². The molecule has 1 unspecified atom stereocenters. The molecule has 0 amide bonds. The third-order valence-electron chi connectivity index (χ3n) is 4.54. The van der Waals surface area contributed by atoms with Crippen molar-refractivity contribution < 1.29 is 28.9 Å². The van der Waals surface area contributed by atoms with Crippen LogP contribution < -0.4 is 4.74 Å². The van der Waals surface area contributed by atoms with E-state index in [0.717, 1.165) is 11.8 Å². The summed E-state index contributed by atoms with van der Waals surface area (Å²) in [4.78, 5) is 11.8. The Hall–Kier alpha value is -2.57. The highest BCUT2D eigenvalue weighted by atomic mass is 16.5. The van der Waals surface area contributed by atoms with Gasteiger partial charge in [0.1, 0.15) is 29.0 Å². The van der Waals surface area contributed by atoms with Gasteiger partial charge in [-0.2, -0.15) is 0 Å². The van der Waals surface area contributed by atoms with E-state index in [1.807, 2.05) is 12.1 Å². The molecule has 1 heterocycles. The summed E-state index contributed by atoms with van der Waals surface area (Å²) < 4.78 is 16.6. The molecule has 0 spiro atoms. The van der Waals surface area contributed by atoms with Crippen LogP contribution in [0.5, 0.6) is 5.75 Å². The SMILES string of the molecule is COC1=CC(c2oc3cc(OC)c(CCCO)cc3c2C=O)=CCC1O.